The van der Waals surface area contributed by atoms with Gasteiger partial charge in [0.15, 0.2) is 0 Å². The van der Waals surface area contributed by atoms with E-state index in [1.807, 2.05) is 0 Å². The maximum Gasteiger partial charge on any atom is 0.394 e. The second-order valence-electron chi connectivity index (χ2n) is 6.49. The molecule has 0 aliphatic heterocycles. The molecule has 7 heteroatoms. The molecule has 27 heavy (non-hydrogen) atoms. The topological polar surface area (TPSA) is 121 Å². The molecule has 0 radical (unpaired) electrons. The Morgan fingerprint density at radius 3 is 1.33 bits per heavy atom. The van der Waals surface area contributed by atoms with Crippen molar-refractivity contribution in [3.63, 3.8) is 0 Å². The Labute approximate surface area is 168 Å². The molecule has 0 aromatic heterocycles. The van der Waals surface area contributed by atoms with E-state index in [4.69, 9.17) is 28.4 Å². The van der Waals surface area contributed by atoms with Crippen LogP contribution in [0.1, 0.15) is 104 Å². The Bertz CT molecular complexity index is 365. The Kier molecular flexibility index (Phi) is 32.1. The first-order valence-electron chi connectivity index (χ1n) is 10.5. The van der Waals surface area contributed by atoms with Gasteiger partial charge in [0.1, 0.15) is 0 Å². The minimum Gasteiger partial charge on any atom is -0.397 e. The third-order valence-corrected chi connectivity index (χ3v) is 3.72. The molecule has 0 saturated heterocycles. The minimum atomic E-state index is -4.67. The summed E-state index contributed by atoms with van der Waals surface area (Å²) in [5.41, 5.74) is 5.47. The van der Waals surface area contributed by atoms with Crippen molar-refractivity contribution in [2.75, 3.05) is 13.2 Å². The average molecular weight is 412 g/mol. The van der Waals surface area contributed by atoms with Gasteiger partial charge in [0.25, 0.3) is 0 Å². The molecule has 0 aromatic carbocycles. The second-order valence-corrected chi connectivity index (χ2v) is 7.39. The van der Waals surface area contributed by atoms with Crippen LogP contribution in [0.5, 0.6) is 0 Å². The summed E-state index contributed by atoms with van der Waals surface area (Å²) in [7, 11) is -4.67. The van der Waals surface area contributed by atoms with Gasteiger partial charge in [-0.3, -0.25) is 9.11 Å². The smallest absolute Gasteiger partial charge is 0.394 e. The quantitative estimate of drug-likeness (QED) is 0.164. The van der Waals surface area contributed by atoms with Crippen LogP contribution in [0.2, 0.25) is 0 Å². The van der Waals surface area contributed by atoms with Gasteiger partial charge in [0, 0.05) is 6.61 Å². The van der Waals surface area contributed by atoms with Gasteiger partial charge >= 0.3 is 10.4 Å². The zero-order chi connectivity index (χ0) is 21.2. The van der Waals surface area contributed by atoms with E-state index in [9.17, 15) is 0 Å². The first kappa shape index (κ1) is 31.2. The van der Waals surface area contributed by atoms with Gasteiger partial charge in [-0.25, -0.2) is 0 Å². The van der Waals surface area contributed by atoms with Gasteiger partial charge in [-0.2, -0.15) is 8.42 Å². The van der Waals surface area contributed by atoms with Crippen LogP contribution in [-0.2, 0) is 10.4 Å². The van der Waals surface area contributed by atoms with Crippen LogP contribution in [0.15, 0.2) is 12.2 Å². The van der Waals surface area contributed by atoms with Crippen molar-refractivity contribution < 1.29 is 22.6 Å². The molecule has 0 rings (SSSR count). The first-order valence-corrected chi connectivity index (χ1v) is 11.9. The number of nitrogens with two attached hydrogens (primary N) is 1. The molecule has 0 aromatic rings. The number of aliphatic hydroxyl groups excluding tert-OH is 1. The SMILES string of the molecule is CCCCCCCC/C=C\CCCCCCCCN.CCO.O=S(=O)(O)O. The fourth-order valence-corrected chi connectivity index (χ4v) is 2.39. The molecule has 0 bridgehead atoms. The molecule has 166 valence electrons. The Balaban J connectivity index is -0.000000604. The summed E-state index contributed by atoms with van der Waals surface area (Å²) in [6.45, 7) is 5.07. The van der Waals surface area contributed by atoms with E-state index < -0.39 is 10.4 Å². The van der Waals surface area contributed by atoms with Crippen molar-refractivity contribution in [2.24, 2.45) is 5.73 Å². The molecule has 0 heterocycles. The van der Waals surface area contributed by atoms with Crippen molar-refractivity contribution in [1.82, 2.24) is 0 Å². The number of unbranched alkanes of at least 4 members (excludes halogenated alkanes) is 12. The fourth-order valence-electron chi connectivity index (χ4n) is 2.39. The van der Waals surface area contributed by atoms with E-state index in [-0.39, 0.29) is 6.61 Å². The predicted molar refractivity (Wildman–Crippen MR) is 115 cm³/mol. The first-order chi connectivity index (χ1) is 12.8. The van der Waals surface area contributed by atoms with Crippen molar-refractivity contribution in [2.45, 2.75) is 104 Å². The summed E-state index contributed by atoms with van der Waals surface area (Å²) in [5, 5.41) is 7.57. The number of allylic oxidation sites excluding steroid dienone is 2. The van der Waals surface area contributed by atoms with Gasteiger partial charge < -0.3 is 10.8 Å². The zero-order valence-electron chi connectivity index (χ0n) is 17.6. The summed E-state index contributed by atoms with van der Waals surface area (Å²) in [4.78, 5) is 0. The molecule has 0 unspecified atom stereocenters. The molecule has 0 aliphatic rings. The molecule has 0 fully saturated rings. The molecular formula is C20H45NO5S. The third kappa shape index (κ3) is 58.6. The normalized spacial score (nSPS) is 10.9. The summed E-state index contributed by atoms with van der Waals surface area (Å²) >= 11 is 0. The number of hydrogen-bond acceptors (Lipinski definition) is 4. The van der Waals surface area contributed by atoms with Crippen LogP contribution in [0.25, 0.3) is 0 Å². The molecule has 5 N–H and O–H groups in total. The maximum absolute atomic E-state index is 8.74. The average Bonchev–Trinajstić information content (AvgIpc) is 2.58. The largest absolute Gasteiger partial charge is 0.397 e. The van der Waals surface area contributed by atoms with Crippen LogP contribution in [0, 0.1) is 0 Å². The van der Waals surface area contributed by atoms with Crippen LogP contribution in [-0.4, -0.2) is 35.8 Å². The zero-order valence-corrected chi connectivity index (χ0v) is 18.4. The molecule has 0 amide bonds. The van der Waals surface area contributed by atoms with E-state index in [2.05, 4.69) is 19.1 Å². The lowest BCUT2D eigenvalue weighted by Crippen LogP contribution is -1.97. The van der Waals surface area contributed by atoms with Crippen LogP contribution in [0.4, 0.5) is 0 Å². The van der Waals surface area contributed by atoms with E-state index >= 15 is 0 Å². The molecular weight excluding hydrogens is 366 g/mol. The number of rotatable bonds is 15. The maximum atomic E-state index is 8.74. The molecule has 6 nitrogen and oxygen atoms in total. The Hall–Kier alpha value is -0.470. The van der Waals surface area contributed by atoms with Crippen LogP contribution in [0.3, 0.4) is 0 Å². The standard InChI is InChI=1S/C18H37N.C2H6O.H2O4S/c1-2-3-4-5-6-7-8-9-10-11-12-13-14-15-16-17-18-19;1-2-3;1-5(2,3)4/h9-10H,2-8,11-19H2,1H3;3H,2H2,1H3;(H2,1,2,3,4)/b10-9-;;. The molecule has 0 atom stereocenters. The Morgan fingerprint density at radius 2 is 1.00 bits per heavy atom. The van der Waals surface area contributed by atoms with Crippen molar-refractivity contribution >= 4 is 10.4 Å². The molecule has 0 saturated carbocycles. The van der Waals surface area contributed by atoms with Gasteiger partial charge in [-0.15, -0.1) is 0 Å². The van der Waals surface area contributed by atoms with Crippen molar-refractivity contribution in [1.29, 1.82) is 0 Å². The highest BCUT2D eigenvalue weighted by atomic mass is 32.3. The minimum absolute atomic E-state index is 0.250. The molecule has 0 aliphatic carbocycles. The fraction of sp³-hybridized carbons (Fsp3) is 0.900. The third-order valence-electron chi connectivity index (χ3n) is 3.72. The predicted octanol–water partition coefficient (Wildman–Crippen LogP) is 5.33. The lowest BCUT2D eigenvalue weighted by Gasteiger charge is -1.99. The highest BCUT2D eigenvalue weighted by Gasteiger charge is 1.90. The van der Waals surface area contributed by atoms with E-state index in [0.717, 1.165) is 6.54 Å². The molecule has 0 spiro atoms. The second kappa shape index (κ2) is 27.7. The Morgan fingerprint density at radius 1 is 0.704 bits per heavy atom. The number of hydrogen-bond donors (Lipinski definition) is 4. The van der Waals surface area contributed by atoms with E-state index in [1.165, 1.54) is 89.9 Å². The summed E-state index contributed by atoms with van der Waals surface area (Å²) in [6, 6.07) is 0. The van der Waals surface area contributed by atoms with Gasteiger partial charge in [-0.05, 0) is 45.6 Å². The van der Waals surface area contributed by atoms with Crippen molar-refractivity contribution in [3.8, 4) is 0 Å². The number of aliphatic hydroxyl groups is 1. The van der Waals surface area contributed by atoms with Crippen LogP contribution >= 0.6 is 0 Å². The lowest BCUT2D eigenvalue weighted by atomic mass is 10.1. The van der Waals surface area contributed by atoms with E-state index in [0.29, 0.717) is 0 Å². The van der Waals surface area contributed by atoms with Gasteiger partial charge in [0.2, 0.25) is 0 Å². The van der Waals surface area contributed by atoms with Gasteiger partial charge in [-0.1, -0.05) is 76.9 Å². The summed E-state index contributed by atoms with van der Waals surface area (Å²) < 4.78 is 31.6. The van der Waals surface area contributed by atoms with Crippen LogP contribution < -0.4 is 5.73 Å². The highest BCUT2D eigenvalue weighted by molar-refractivity contribution is 7.79. The van der Waals surface area contributed by atoms with E-state index in [1.54, 1.807) is 6.92 Å². The summed E-state index contributed by atoms with van der Waals surface area (Å²) in [5.74, 6) is 0. The van der Waals surface area contributed by atoms with Gasteiger partial charge in [0.05, 0.1) is 0 Å². The monoisotopic (exact) mass is 411 g/mol. The summed E-state index contributed by atoms with van der Waals surface area (Å²) in [6.07, 6.45) is 23.9. The highest BCUT2D eigenvalue weighted by Crippen LogP contribution is 2.09. The lowest BCUT2D eigenvalue weighted by molar-refractivity contribution is 0.318. The van der Waals surface area contributed by atoms with Crippen molar-refractivity contribution in [3.05, 3.63) is 12.2 Å².